The van der Waals surface area contributed by atoms with Crippen molar-refractivity contribution in [1.29, 1.82) is 0 Å². The van der Waals surface area contributed by atoms with Gasteiger partial charge in [-0.05, 0) is 31.0 Å². The molecule has 0 spiro atoms. The first-order valence-electron chi connectivity index (χ1n) is 5.66. The molecule has 88 valence electrons. The van der Waals surface area contributed by atoms with E-state index in [0.29, 0.717) is 5.15 Å². The number of anilines is 1. The molecular formula is C14H15ClN2. The number of aryl methyl sites for hydroxylation is 1. The first-order chi connectivity index (χ1) is 8.24. The van der Waals surface area contributed by atoms with E-state index in [-0.39, 0.29) is 0 Å². The highest BCUT2D eigenvalue weighted by Gasteiger charge is 1.96. The Labute approximate surface area is 107 Å². The molecule has 0 bridgehead atoms. The lowest BCUT2D eigenvalue weighted by atomic mass is 10.1. The molecule has 0 aliphatic carbocycles. The Kier molecular flexibility index (Phi) is 3.99. The quantitative estimate of drug-likeness (QED) is 0.833. The van der Waals surface area contributed by atoms with Gasteiger partial charge in [0.25, 0.3) is 0 Å². The zero-order chi connectivity index (χ0) is 12.1. The molecule has 0 unspecified atom stereocenters. The third kappa shape index (κ3) is 3.75. The molecule has 0 radical (unpaired) electrons. The molecule has 2 rings (SSSR count). The summed E-state index contributed by atoms with van der Waals surface area (Å²) in [6.07, 6.45) is 0.982. The summed E-state index contributed by atoms with van der Waals surface area (Å²) in [5.74, 6) is 0.824. The zero-order valence-electron chi connectivity index (χ0n) is 9.78. The first kappa shape index (κ1) is 11.9. The normalized spacial score (nSPS) is 10.2. The van der Waals surface area contributed by atoms with Crippen molar-refractivity contribution in [3.63, 3.8) is 0 Å². The molecule has 0 aliphatic rings. The van der Waals surface area contributed by atoms with Crippen molar-refractivity contribution in [2.75, 3.05) is 11.9 Å². The molecule has 0 saturated carbocycles. The molecular weight excluding hydrogens is 232 g/mol. The highest BCUT2D eigenvalue weighted by Crippen LogP contribution is 2.10. The standard InChI is InChI=1S/C14H15ClN2/c1-11-4-2-5-12(10-11)8-9-16-14-7-3-6-13(15)17-14/h2-7,10H,8-9H2,1H3,(H,16,17). The van der Waals surface area contributed by atoms with Gasteiger partial charge in [0, 0.05) is 6.54 Å². The van der Waals surface area contributed by atoms with E-state index in [1.165, 1.54) is 11.1 Å². The molecule has 0 aliphatic heterocycles. The topological polar surface area (TPSA) is 24.9 Å². The summed E-state index contributed by atoms with van der Waals surface area (Å²) in [7, 11) is 0. The number of rotatable bonds is 4. The van der Waals surface area contributed by atoms with E-state index < -0.39 is 0 Å². The van der Waals surface area contributed by atoms with Crippen LogP contribution in [-0.4, -0.2) is 11.5 Å². The smallest absolute Gasteiger partial charge is 0.131 e. The van der Waals surface area contributed by atoms with E-state index in [9.17, 15) is 0 Å². The van der Waals surface area contributed by atoms with Crippen LogP contribution in [0.5, 0.6) is 0 Å². The predicted molar refractivity (Wildman–Crippen MR) is 72.6 cm³/mol. The van der Waals surface area contributed by atoms with Crippen molar-refractivity contribution in [3.05, 3.63) is 58.7 Å². The van der Waals surface area contributed by atoms with Crippen LogP contribution in [0.3, 0.4) is 0 Å². The Morgan fingerprint density at radius 2 is 2.00 bits per heavy atom. The van der Waals surface area contributed by atoms with Crippen molar-refractivity contribution in [2.45, 2.75) is 13.3 Å². The summed E-state index contributed by atoms with van der Waals surface area (Å²) < 4.78 is 0. The minimum Gasteiger partial charge on any atom is -0.370 e. The van der Waals surface area contributed by atoms with Crippen molar-refractivity contribution in [3.8, 4) is 0 Å². The first-order valence-corrected chi connectivity index (χ1v) is 6.04. The summed E-state index contributed by atoms with van der Waals surface area (Å²) in [5.41, 5.74) is 2.63. The van der Waals surface area contributed by atoms with Gasteiger partial charge < -0.3 is 5.32 Å². The fourth-order valence-electron chi connectivity index (χ4n) is 1.71. The number of benzene rings is 1. The Balaban J connectivity index is 1.87. The monoisotopic (exact) mass is 246 g/mol. The average Bonchev–Trinajstić information content (AvgIpc) is 2.29. The van der Waals surface area contributed by atoms with Crippen LogP contribution in [0.1, 0.15) is 11.1 Å². The summed E-state index contributed by atoms with van der Waals surface area (Å²) in [6, 6.07) is 14.1. The van der Waals surface area contributed by atoms with Crippen LogP contribution >= 0.6 is 11.6 Å². The fourth-order valence-corrected chi connectivity index (χ4v) is 1.87. The Morgan fingerprint density at radius 1 is 1.18 bits per heavy atom. The number of hydrogen-bond donors (Lipinski definition) is 1. The molecule has 0 atom stereocenters. The molecule has 1 aromatic carbocycles. The van der Waals surface area contributed by atoms with E-state index in [4.69, 9.17) is 11.6 Å². The third-order valence-corrected chi connectivity index (χ3v) is 2.73. The van der Waals surface area contributed by atoms with Crippen molar-refractivity contribution >= 4 is 17.4 Å². The second-order valence-corrected chi connectivity index (χ2v) is 4.40. The van der Waals surface area contributed by atoms with Gasteiger partial charge in [-0.25, -0.2) is 4.98 Å². The lowest BCUT2D eigenvalue weighted by molar-refractivity contribution is 1.00. The summed E-state index contributed by atoms with van der Waals surface area (Å²) in [4.78, 5) is 4.18. The number of halogens is 1. The minimum absolute atomic E-state index is 0.519. The summed E-state index contributed by atoms with van der Waals surface area (Å²) in [6.45, 7) is 2.96. The van der Waals surface area contributed by atoms with Crippen LogP contribution in [0.15, 0.2) is 42.5 Å². The van der Waals surface area contributed by atoms with E-state index in [0.717, 1.165) is 18.8 Å². The van der Waals surface area contributed by atoms with Gasteiger partial charge in [-0.2, -0.15) is 0 Å². The molecule has 17 heavy (non-hydrogen) atoms. The molecule has 1 N–H and O–H groups in total. The van der Waals surface area contributed by atoms with Crippen LogP contribution in [0.2, 0.25) is 5.15 Å². The maximum Gasteiger partial charge on any atom is 0.131 e. The van der Waals surface area contributed by atoms with E-state index in [2.05, 4.69) is 41.5 Å². The maximum atomic E-state index is 5.81. The SMILES string of the molecule is Cc1cccc(CCNc2cccc(Cl)n2)c1. The number of nitrogens with one attached hydrogen (secondary N) is 1. The molecule has 0 saturated heterocycles. The van der Waals surface area contributed by atoms with Crippen molar-refractivity contribution < 1.29 is 0 Å². The number of aromatic nitrogens is 1. The van der Waals surface area contributed by atoms with Gasteiger partial charge in [0.15, 0.2) is 0 Å². The van der Waals surface area contributed by atoms with E-state index in [1.54, 1.807) is 6.07 Å². The van der Waals surface area contributed by atoms with Crippen molar-refractivity contribution in [1.82, 2.24) is 4.98 Å². The predicted octanol–water partition coefficient (Wildman–Crippen LogP) is 3.70. The molecule has 1 heterocycles. The fraction of sp³-hybridized carbons (Fsp3) is 0.214. The zero-order valence-corrected chi connectivity index (χ0v) is 10.5. The number of pyridine rings is 1. The molecule has 3 heteroatoms. The van der Waals surface area contributed by atoms with Gasteiger partial charge in [-0.1, -0.05) is 47.5 Å². The molecule has 1 aromatic heterocycles. The van der Waals surface area contributed by atoms with Crippen molar-refractivity contribution in [2.24, 2.45) is 0 Å². The Morgan fingerprint density at radius 3 is 2.76 bits per heavy atom. The molecule has 0 amide bonds. The lowest BCUT2D eigenvalue weighted by Crippen LogP contribution is -2.06. The number of hydrogen-bond acceptors (Lipinski definition) is 2. The highest BCUT2D eigenvalue weighted by atomic mass is 35.5. The Hall–Kier alpha value is -1.54. The largest absolute Gasteiger partial charge is 0.370 e. The molecule has 2 aromatic rings. The second kappa shape index (κ2) is 5.69. The van der Waals surface area contributed by atoms with Crippen LogP contribution < -0.4 is 5.32 Å². The average molecular weight is 247 g/mol. The Bertz CT molecular complexity index is 452. The maximum absolute atomic E-state index is 5.81. The molecule has 2 nitrogen and oxygen atoms in total. The summed E-state index contributed by atoms with van der Waals surface area (Å²) in [5, 5.41) is 3.78. The third-order valence-electron chi connectivity index (χ3n) is 2.52. The van der Waals surface area contributed by atoms with Gasteiger partial charge in [0.05, 0.1) is 0 Å². The summed E-state index contributed by atoms with van der Waals surface area (Å²) >= 11 is 5.81. The minimum atomic E-state index is 0.519. The van der Waals surface area contributed by atoms with Gasteiger partial charge in [0.1, 0.15) is 11.0 Å². The second-order valence-electron chi connectivity index (χ2n) is 4.01. The highest BCUT2D eigenvalue weighted by molar-refractivity contribution is 6.29. The van der Waals surface area contributed by atoms with Gasteiger partial charge in [0.2, 0.25) is 0 Å². The van der Waals surface area contributed by atoms with E-state index >= 15 is 0 Å². The van der Waals surface area contributed by atoms with Crippen LogP contribution in [0, 0.1) is 6.92 Å². The van der Waals surface area contributed by atoms with E-state index in [1.807, 2.05) is 12.1 Å². The lowest BCUT2D eigenvalue weighted by Gasteiger charge is -2.06. The van der Waals surface area contributed by atoms with Gasteiger partial charge >= 0.3 is 0 Å². The molecule has 0 fully saturated rings. The number of nitrogens with zero attached hydrogens (tertiary/aromatic N) is 1. The van der Waals surface area contributed by atoms with Crippen LogP contribution in [0.4, 0.5) is 5.82 Å². The van der Waals surface area contributed by atoms with Gasteiger partial charge in [-0.3, -0.25) is 0 Å². The van der Waals surface area contributed by atoms with Crippen LogP contribution in [-0.2, 0) is 6.42 Å². The van der Waals surface area contributed by atoms with Crippen LogP contribution in [0.25, 0.3) is 0 Å². The van der Waals surface area contributed by atoms with Gasteiger partial charge in [-0.15, -0.1) is 0 Å².